The molecule has 0 unspecified atom stereocenters. The summed E-state index contributed by atoms with van der Waals surface area (Å²) in [6, 6.07) is 4.90. The van der Waals surface area contributed by atoms with E-state index in [-0.39, 0.29) is 11.3 Å². The quantitative estimate of drug-likeness (QED) is 0.308. The first-order valence-electron chi connectivity index (χ1n) is 9.66. The molecule has 1 fully saturated rings. The van der Waals surface area contributed by atoms with Crippen molar-refractivity contribution in [1.82, 2.24) is 4.57 Å². The molecule has 1 aromatic heterocycles. The number of hydrogen-bond acceptors (Lipinski definition) is 3. The number of nitrogens with zero attached hydrogens (tertiary/aromatic N) is 1. The van der Waals surface area contributed by atoms with Crippen molar-refractivity contribution in [2.75, 3.05) is 5.32 Å². The number of terminal acetylenes is 1. The van der Waals surface area contributed by atoms with Gasteiger partial charge in [0.15, 0.2) is 0 Å². The monoisotopic (exact) mass is 524 g/mol. The highest BCUT2D eigenvalue weighted by atomic mass is 79.9. The van der Waals surface area contributed by atoms with E-state index in [4.69, 9.17) is 18.0 Å². The Morgan fingerprint density at radius 1 is 1.28 bits per heavy atom. The van der Waals surface area contributed by atoms with Gasteiger partial charge in [0, 0.05) is 47.6 Å². The number of ketones is 2. The lowest BCUT2D eigenvalue weighted by atomic mass is 9.63. The number of Topliss-reactive ketones (excluding diaryl/α,β-unsaturated/α-hetero) is 2. The molecule has 0 spiro atoms. The van der Waals surface area contributed by atoms with E-state index in [1.165, 1.54) is 4.57 Å². The molecule has 1 N–H and O–H groups in total. The zero-order valence-corrected chi connectivity index (χ0v) is 20.0. The molecular weight excluding hydrogens is 506 g/mol. The van der Waals surface area contributed by atoms with Crippen molar-refractivity contribution in [1.29, 1.82) is 0 Å². The second-order valence-electron chi connectivity index (χ2n) is 8.14. The summed E-state index contributed by atoms with van der Waals surface area (Å²) in [6.07, 6.45) is 3.69. The van der Waals surface area contributed by atoms with Crippen molar-refractivity contribution in [2.24, 2.45) is 12.5 Å². The van der Waals surface area contributed by atoms with Crippen LogP contribution < -0.4 is 5.32 Å². The second-order valence-corrected chi connectivity index (χ2v) is 9.40. The molecule has 1 amide bonds. The number of benzene rings is 1. The van der Waals surface area contributed by atoms with Gasteiger partial charge in [-0.25, -0.2) is 8.78 Å². The molecule has 1 heterocycles. The Kier molecular flexibility index (Phi) is 6.38. The van der Waals surface area contributed by atoms with E-state index >= 15 is 0 Å². The lowest BCUT2D eigenvalue weighted by Gasteiger charge is -2.43. The van der Waals surface area contributed by atoms with Crippen molar-refractivity contribution in [3.63, 3.8) is 0 Å². The number of carbonyl (C=O) groups excluding carboxylic acids is 3. The number of halogens is 4. The van der Waals surface area contributed by atoms with Crippen molar-refractivity contribution in [2.45, 2.75) is 39.0 Å². The van der Waals surface area contributed by atoms with Crippen LogP contribution in [0, 0.1) is 31.6 Å². The standard InChI is InChI=1S/C23H20BrClF2N2O3/c1-5-22(10-23(26,27)11-22)9-17(30)20(31)18-12(2)19(29(4)13(18)3)21(32)28-14-6-7-15(24)16(25)8-14/h1,6-8H,9-11H2,2-4H3,(H,28,32). The molecule has 0 saturated heterocycles. The first kappa shape index (κ1) is 24.1. The van der Waals surface area contributed by atoms with Gasteiger partial charge in [-0.05, 0) is 53.5 Å². The number of rotatable bonds is 6. The summed E-state index contributed by atoms with van der Waals surface area (Å²) in [5.41, 5.74) is 0.140. The predicted molar refractivity (Wildman–Crippen MR) is 121 cm³/mol. The zero-order chi connectivity index (χ0) is 24.0. The number of aromatic nitrogens is 1. The molecule has 1 aliphatic rings. The lowest BCUT2D eigenvalue weighted by Crippen LogP contribution is -2.47. The summed E-state index contributed by atoms with van der Waals surface area (Å²) in [4.78, 5) is 38.5. The van der Waals surface area contributed by atoms with Gasteiger partial charge in [0.05, 0.1) is 10.6 Å². The Balaban J connectivity index is 1.86. The van der Waals surface area contributed by atoms with Crippen molar-refractivity contribution >= 4 is 50.7 Å². The summed E-state index contributed by atoms with van der Waals surface area (Å²) in [5, 5.41) is 3.13. The van der Waals surface area contributed by atoms with E-state index in [9.17, 15) is 23.2 Å². The summed E-state index contributed by atoms with van der Waals surface area (Å²) >= 11 is 9.34. The molecule has 1 saturated carbocycles. The second kappa shape index (κ2) is 8.45. The van der Waals surface area contributed by atoms with Gasteiger partial charge in [-0.1, -0.05) is 17.5 Å². The zero-order valence-electron chi connectivity index (χ0n) is 17.6. The van der Waals surface area contributed by atoms with Gasteiger partial charge in [-0.2, -0.15) is 0 Å². The van der Waals surface area contributed by atoms with Gasteiger partial charge in [-0.3, -0.25) is 14.4 Å². The van der Waals surface area contributed by atoms with Crippen LogP contribution >= 0.6 is 27.5 Å². The molecule has 1 aromatic carbocycles. The first-order valence-corrected chi connectivity index (χ1v) is 10.8. The maximum Gasteiger partial charge on any atom is 0.272 e. The molecule has 0 atom stereocenters. The van der Waals surface area contributed by atoms with Crippen molar-refractivity contribution in [3.05, 3.63) is 50.2 Å². The van der Waals surface area contributed by atoms with Crippen LogP contribution in [-0.2, 0) is 11.8 Å². The maximum absolute atomic E-state index is 13.3. The summed E-state index contributed by atoms with van der Waals surface area (Å²) in [5.74, 6) is -2.83. The minimum atomic E-state index is -2.92. The van der Waals surface area contributed by atoms with E-state index in [0.29, 0.717) is 26.4 Å². The summed E-state index contributed by atoms with van der Waals surface area (Å²) < 4.78 is 28.9. The fourth-order valence-corrected chi connectivity index (χ4v) is 4.57. The molecule has 0 bridgehead atoms. The number of alkyl halides is 2. The molecule has 168 valence electrons. The fourth-order valence-electron chi connectivity index (χ4n) is 4.14. The van der Waals surface area contributed by atoms with Crippen LogP contribution in [0.3, 0.4) is 0 Å². The Morgan fingerprint density at radius 3 is 2.44 bits per heavy atom. The Hall–Kier alpha value is -2.50. The van der Waals surface area contributed by atoms with E-state index < -0.39 is 48.1 Å². The molecular formula is C23H20BrClF2N2O3. The Labute approximate surface area is 197 Å². The van der Waals surface area contributed by atoms with E-state index in [2.05, 4.69) is 27.2 Å². The van der Waals surface area contributed by atoms with E-state index in [1.54, 1.807) is 39.1 Å². The highest BCUT2D eigenvalue weighted by molar-refractivity contribution is 9.10. The van der Waals surface area contributed by atoms with Crippen molar-refractivity contribution < 1.29 is 23.2 Å². The van der Waals surface area contributed by atoms with Crippen LogP contribution in [0.4, 0.5) is 14.5 Å². The average Bonchev–Trinajstić information content (AvgIpc) is 2.91. The van der Waals surface area contributed by atoms with E-state index in [0.717, 1.165) is 0 Å². The minimum absolute atomic E-state index is 0.0785. The molecule has 0 aliphatic heterocycles. The third-order valence-corrected chi connectivity index (χ3v) is 7.04. The number of carbonyl (C=O) groups is 3. The van der Waals surface area contributed by atoms with Crippen LogP contribution in [0.15, 0.2) is 22.7 Å². The predicted octanol–water partition coefficient (Wildman–Crippen LogP) is 5.50. The number of nitrogens with one attached hydrogen (secondary N) is 1. The molecule has 2 aromatic rings. The summed E-state index contributed by atoms with van der Waals surface area (Å²) in [6.45, 7) is 3.17. The normalized spacial score (nSPS) is 16.1. The molecule has 3 rings (SSSR count). The highest BCUT2D eigenvalue weighted by Gasteiger charge is 2.56. The molecule has 1 aliphatic carbocycles. The fraction of sp³-hybridized carbons (Fsp3) is 0.348. The summed E-state index contributed by atoms with van der Waals surface area (Å²) in [7, 11) is 1.60. The van der Waals surface area contributed by atoms with Crippen LogP contribution in [0.5, 0.6) is 0 Å². The maximum atomic E-state index is 13.3. The van der Waals surface area contributed by atoms with Gasteiger partial charge in [-0.15, -0.1) is 6.42 Å². The highest BCUT2D eigenvalue weighted by Crippen LogP contribution is 2.53. The lowest BCUT2D eigenvalue weighted by molar-refractivity contribution is -0.146. The van der Waals surface area contributed by atoms with Crippen LogP contribution in [0.2, 0.25) is 5.02 Å². The van der Waals surface area contributed by atoms with Crippen molar-refractivity contribution in [3.8, 4) is 12.3 Å². The van der Waals surface area contributed by atoms with Gasteiger partial charge < -0.3 is 9.88 Å². The SMILES string of the molecule is C#CC1(CC(=O)C(=O)c2c(C)c(C(=O)Nc3ccc(Br)c(Cl)c3)n(C)c2C)CC(F)(F)C1. The van der Waals surface area contributed by atoms with Gasteiger partial charge >= 0.3 is 0 Å². The number of amides is 1. The molecule has 32 heavy (non-hydrogen) atoms. The molecule has 5 nitrogen and oxygen atoms in total. The topological polar surface area (TPSA) is 68.2 Å². The first-order chi connectivity index (χ1) is 14.8. The van der Waals surface area contributed by atoms with Gasteiger partial charge in [0.2, 0.25) is 11.6 Å². The molecule has 9 heteroatoms. The largest absolute Gasteiger partial charge is 0.343 e. The smallest absolute Gasteiger partial charge is 0.272 e. The minimum Gasteiger partial charge on any atom is -0.343 e. The Bertz CT molecular complexity index is 1190. The van der Waals surface area contributed by atoms with E-state index in [1.807, 2.05) is 0 Å². The van der Waals surface area contributed by atoms with Crippen LogP contribution in [0.25, 0.3) is 0 Å². The molecule has 0 radical (unpaired) electrons. The third-order valence-electron chi connectivity index (χ3n) is 5.80. The number of anilines is 1. The Morgan fingerprint density at radius 2 is 1.91 bits per heavy atom. The third kappa shape index (κ3) is 4.37. The number of hydrogen-bond donors (Lipinski definition) is 1. The van der Waals surface area contributed by atoms with Crippen LogP contribution in [-0.4, -0.2) is 28.0 Å². The van der Waals surface area contributed by atoms with Gasteiger partial charge in [0.25, 0.3) is 11.8 Å². The van der Waals surface area contributed by atoms with Crippen LogP contribution in [0.1, 0.15) is 51.4 Å². The average molecular weight is 526 g/mol. The van der Waals surface area contributed by atoms with Gasteiger partial charge in [0.1, 0.15) is 5.69 Å².